The average molecular weight is 267 g/mol. The Morgan fingerprint density at radius 2 is 1.80 bits per heavy atom. The largest absolute Gasteiger partial charge is 0.382 e. The van der Waals surface area contributed by atoms with Gasteiger partial charge in [0.25, 0.3) is 0 Å². The van der Waals surface area contributed by atoms with Gasteiger partial charge in [-0.1, -0.05) is 19.9 Å². The number of hydrogen-bond acceptors (Lipinski definition) is 5. The van der Waals surface area contributed by atoms with Crippen molar-refractivity contribution in [2.75, 3.05) is 5.73 Å². The van der Waals surface area contributed by atoms with Crippen molar-refractivity contribution in [1.29, 1.82) is 5.26 Å². The van der Waals surface area contributed by atoms with Crippen molar-refractivity contribution < 1.29 is 0 Å². The SMILES string of the molecule is CC(C)C(C)(C#N)c1ccc(-c2cnc(N)cn2)nc1. The predicted molar refractivity (Wildman–Crippen MR) is 77.5 cm³/mol. The summed E-state index contributed by atoms with van der Waals surface area (Å²) in [5, 5.41) is 9.41. The van der Waals surface area contributed by atoms with Crippen LogP contribution in [0.4, 0.5) is 5.82 Å². The third-order valence-corrected chi connectivity index (χ3v) is 3.68. The molecule has 2 N–H and O–H groups in total. The minimum Gasteiger partial charge on any atom is -0.382 e. The van der Waals surface area contributed by atoms with E-state index < -0.39 is 5.41 Å². The maximum Gasteiger partial charge on any atom is 0.141 e. The van der Waals surface area contributed by atoms with E-state index in [0.29, 0.717) is 17.2 Å². The molecule has 1 unspecified atom stereocenters. The summed E-state index contributed by atoms with van der Waals surface area (Å²) in [5.74, 6) is 0.582. The van der Waals surface area contributed by atoms with Gasteiger partial charge in [-0.3, -0.25) is 4.98 Å². The minimum atomic E-state index is -0.543. The molecule has 2 aromatic rings. The molecule has 2 aromatic heterocycles. The van der Waals surface area contributed by atoms with Crippen molar-refractivity contribution in [3.8, 4) is 17.5 Å². The summed E-state index contributed by atoms with van der Waals surface area (Å²) in [6.45, 7) is 5.99. The fourth-order valence-electron chi connectivity index (χ4n) is 1.85. The summed E-state index contributed by atoms with van der Waals surface area (Å²) in [4.78, 5) is 12.6. The summed E-state index contributed by atoms with van der Waals surface area (Å²) >= 11 is 0. The highest BCUT2D eigenvalue weighted by atomic mass is 14.9. The zero-order valence-electron chi connectivity index (χ0n) is 11.8. The second-order valence-corrected chi connectivity index (χ2v) is 5.23. The maximum atomic E-state index is 9.41. The summed E-state index contributed by atoms with van der Waals surface area (Å²) in [7, 11) is 0. The van der Waals surface area contributed by atoms with Gasteiger partial charge in [0.05, 0.1) is 29.6 Å². The third-order valence-electron chi connectivity index (χ3n) is 3.68. The molecule has 0 saturated heterocycles. The number of anilines is 1. The van der Waals surface area contributed by atoms with Crippen LogP contribution in [-0.2, 0) is 5.41 Å². The van der Waals surface area contributed by atoms with E-state index in [1.54, 1.807) is 12.4 Å². The van der Waals surface area contributed by atoms with E-state index in [2.05, 4.69) is 21.0 Å². The van der Waals surface area contributed by atoms with Gasteiger partial charge >= 0.3 is 0 Å². The van der Waals surface area contributed by atoms with Gasteiger partial charge < -0.3 is 5.73 Å². The first-order valence-corrected chi connectivity index (χ1v) is 6.43. The third kappa shape index (κ3) is 2.45. The van der Waals surface area contributed by atoms with E-state index in [1.807, 2.05) is 32.9 Å². The molecule has 0 bridgehead atoms. The van der Waals surface area contributed by atoms with Crippen LogP contribution < -0.4 is 5.73 Å². The first-order valence-electron chi connectivity index (χ1n) is 6.43. The number of nitriles is 1. The van der Waals surface area contributed by atoms with Gasteiger partial charge in [0.2, 0.25) is 0 Å². The standard InChI is InChI=1S/C15H17N5/c1-10(2)15(3,9-16)11-4-5-12(18-6-11)13-7-20-14(17)8-19-13/h4-8,10H,1-3H3,(H2,17,20). The first kappa shape index (κ1) is 13.9. The van der Waals surface area contributed by atoms with E-state index in [-0.39, 0.29) is 5.92 Å². The van der Waals surface area contributed by atoms with Gasteiger partial charge in [0.15, 0.2) is 0 Å². The van der Waals surface area contributed by atoms with Gasteiger partial charge in [-0.15, -0.1) is 0 Å². The zero-order chi connectivity index (χ0) is 14.8. The molecule has 5 heteroatoms. The second kappa shape index (κ2) is 5.25. The van der Waals surface area contributed by atoms with E-state index in [4.69, 9.17) is 5.73 Å². The Kier molecular flexibility index (Phi) is 3.66. The maximum absolute atomic E-state index is 9.41. The van der Waals surface area contributed by atoms with Gasteiger partial charge in [-0.2, -0.15) is 5.26 Å². The van der Waals surface area contributed by atoms with E-state index >= 15 is 0 Å². The fraction of sp³-hybridized carbons (Fsp3) is 0.333. The van der Waals surface area contributed by atoms with Gasteiger partial charge in [0, 0.05) is 6.20 Å². The molecule has 1 atom stereocenters. The van der Waals surface area contributed by atoms with E-state index in [9.17, 15) is 5.26 Å². The molecule has 0 fully saturated rings. The Labute approximate surface area is 118 Å². The molecule has 0 amide bonds. The van der Waals surface area contributed by atoms with Crippen LogP contribution in [-0.4, -0.2) is 15.0 Å². The van der Waals surface area contributed by atoms with E-state index in [1.165, 1.54) is 6.20 Å². The monoisotopic (exact) mass is 267 g/mol. The molecule has 20 heavy (non-hydrogen) atoms. The Morgan fingerprint density at radius 1 is 1.10 bits per heavy atom. The molecule has 0 spiro atoms. The Hall–Kier alpha value is -2.48. The molecule has 2 heterocycles. The quantitative estimate of drug-likeness (QED) is 0.923. The lowest BCUT2D eigenvalue weighted by Gasteiger charge is -2.26. The van der Waals surface area contributed by atoms with Crippen LogP contribution in [0.2, 0.25) is 0 Å². The van der Waals surface area contributed by atoms with Gasteiger partial charge in [-0.25, -0.2) is 9.97 Å². The van der Waals surface area contributed by atoms with Gasteiger partial charge in [0.1, 0.15) is 11.5 Å². The molecule has 0 aliphatic heterocycles. The highest BCUT2D eigenvalue weighted by molar-refractivity contribution is 5.54. The second-order valence-electron chi connectivity index (χ2n) is 5.23. The lowest BCUT2D eigenvalue weighted by molar-refractivity contribution is 0.430. The Balaban J connectivity index is 2.36. The van der Waals surface area contributed by atoms with Crippen molar-refractivity contribution in [3.63, 3.8) is 0 Å². The van der Waals surface area contributed by atoms with Crippen LogP contribution in [0.15, 0.2) is 30.7 Å². The molecule has 0 aromatic carbocycles. The first-order chi connectivity index (χ1) is 9.47. The molecule has 0 aliphatic rings. The fourth-order valence-corrected chi connectivity index (χ4v) is 1.85. The highest BCUT2D eigenvalue weighted by Gasteiger charge is 2.30. The number of nitrogens with two attached hydrogens (primary N) is 1. The number of nitrogens with zero attached hydrogens (tertiary/aromatic N) is 4. The summed E-state index contributed by atoms with van der Waals surface area (Å²) < 4.78 is 0. The summed E-state index contributed by atoms with van der Waals surface area (Å²) in [5.41, 5.74) is 7.24. The topological polar surface area (TPSA) is 88.5 Å². The van der Waals surface area contributed by atoms with Crippen molar-refractivity contribution >= 4 is 5.82 Å². The summed E-state index contributed by atoms with van der Waals surface area (Å²) in [6, 6.07) is 6.15. The van der Waals surface area contributed by atoms with Crippen LogP contribution >= 0.6 is 0 Å². The lowest BCUT2D eigenvalue weighted by Crippen LogP contribution is -2.26. The van der Waals surface area contributed by atoms with Crippen molar-refractivity contribution in [2.45, 2.75) is 26.2 Å². The van der Waals surface area contributed by atoms with Crippen LogP contribution in [0.25, 0.3) is 11.4 Å². The lowest BCUT2D eigenvalue weighted by atomic mass is 9.75. The number of nitrogen functional groups attached to an aromatic ring is 1. The van der Waals surface area contributed by atoms with E-state index in [0.717, 1.165) is 5.56 Å². The van der Waals surface area contributed by atoms with Crippen molar-refractivity contribution in [3.05, 3.63) is 36.3 Å². The molecule has 5 nitrogen and oxygen atoms in total. The molecular formula is C15H17N5. The summed E-state index contributed by atoms with van der Waals surface area (Å²) in [6.07, 6.45) is 4.82. The number of pyridine rings is 1. The highest BCUT2D eigenvalue weighted by Crippen LogP contribution is 2.31. The minimum absolute atomic E-state index is 0.205. The molecule has 102 valence electrons. The van der Waals surface area contributed by atoms with Crippen LogP contribution in [0.1, 0.15) is 26.3 Å². The van der Waals surface area contributed by atoms with Gasteiger partial charge in [-0.05, 0) is 24.5 Å². The van der Waals surface area contributed by atoms with Crippen LogP contribution in [0.5, 0.6) is 0 Å². The number of rotatable bonds is 3. The van der Waals surface area contributed by atoms with Crippen molar-refractivity contribution in [1.82, 2.24) is 15.0 Å². The smallest absolute Gasteiger partial charge is 0.141 e. The predicted octanol–water partition coefficient (Wildman–Crippen LogP) is 2.56. The Morgan fingerprint density at radius 3 is 2.25 bits per heavy atom. The zero-order valence-corrected chi connectivity index (χ0v) is 11.8. The number of hydrogen-bond donors (Lipinski definition) is 1. The molecular weight excluding hydrogens is 250 g/mol. The normalized spacial score (nSPS) is 13.8. The molecule has 2 rings (SSSR count). The average Bonchev–Trinajstić information content (AvgIpc) is 2.47. The molecule has 0 saturated carbocycles. The molecule has 0 radical (unpaired) electrons. The molecule has 0 aliphatic carbocycles. The Bertz CT molecular complexity index is 625. The number of aromatic nitrogens is 3. The van der Waals surface area contributed by atoms with Crippen molar-refractivity contribution in [2.24, 2.45) is 5.92 Å². The van der Waals surface area contributed by atoms with Crippen LogP contribution in [0, 0.1) is 17.2 Å². The van der Waals surface area contributed by atoms with Crippen LogP contribution in [0.3, 0.4) is 0 Å².